The normalized spacial score (nSPS) is 14.8. The van der Waals surface area contributed by atoms with Crippen LogP contribution in [0.5, 0.6) is 0 Å². The summed E-state index contributed by atoms with van der Waals surface area (Å²) in [6.07, 6.45) is 2.12. The molecule has 8 nitrogen and oxygen atoms in total. The molecular formula is C10H12N8. The first-order valence-corrected chi connectivity index (χ1v) is 5.49. The fourth-order valence-electron chi connectivity index (χ4n) is 1.88. The number of nitrogens with two attached hydrogens (primary N) is 1. The van der Waals surface area contributed by atoms with Crippen LogP contribution >= 0.6 is 0 Å². The number of rotatable bonds is 0. The van der Waals surface area contributed by atoms with E-state index >= 15 is 0 Å². The van der Waals surface area contributed by atoms with E-state index in [4.69, 9.17) is 5.73 Å². The van der Waals surface area contributed by atoms with Crippen LogP contribution in [0.1, 0.15) is 17.1 Å². The largest absolute Gasteiger partial charge is 0.385 e. The second kappa shape index (κ2) is 3.76. The number of fused-ring (bicyclic) bond motifs is 1. The molecule has 3 heterocycles. The van der Waals surface area contributed by atoms with E-state index in [1.807, 2.05) is 19.9 Å². The number of aryl methyl sites for hydroxylation is 2. The predicted molar refractivity (Wildman–Crippen MR) is 65.3 cm³/mol. The number of amidine groups is 1. The van der Waals surface area contributed by atoms with Gasteiger partial charge in [-0.05, 0) is 19.9 Å². The summed E-state index contributed by atoms with van der Waals surface area (Å²) in [6.45, 7) is 3.86. The first-order chi connectivity index (χ1) is 8.65. The average molecular weight is 244 g/mol. The molecule has 0 atom stereocenters. The standard InChI is InChI=1S/C10H12N8/c1-6-3-7(2)17(15-6)10-14-13-9(11)4-8-5-12-16-18(8)10/h3,5H,4H2,1-2H3,(H2,11,13). The van der Waals surface area contributed by atoms with Crippen LogP contribution in [0.2, 0.25) is 0 Å². The molecule has 3 rings (SSSR count). The average Bonchev–Trinajstić information content (AvgIpc) is 2.84. The van der Waals surface area contributed by atoms with Crippen molar-refractivity contribution in [3.63, 3.8) is 0 Å². The van der Waals surface area contributed by atoms with Gasteiger partial charge in [0.15, 0.2) is 0 Å². The van der Waals surface area contributed by atoms with Gasteiger partial charge in [-0.15, -0.1) is 15.3 Å². The Morgan fingerprint density at radius 1 is 1.22 bits per heavy atom. The molecule has 1 aliphatic heterocycles. The van der Waals surface area contributed by atoms with Crippen molar-refractivity contribution >= 4 is 11.8 Å². The molecule has 0 unspecified atom stereocenters. The fraction of sp³-hybridized carbons (Fsp3) is 0.300. The summed E-state index contributed by atoms with van der Waals surface area (Å²) in [5.74, 6) is 0.906. The lowest BCUT2D eigenvalue weighted by Crippen LogP contribution is -2.26. The number of nitrogens with zero attached hydrogens (tertiary/aromatic N) is 7. The molecule has 2 N–H and O–H groups in total. The topological polar surface area (TPSA) is 99.3 Å². The Bertz CT molecular complexity index is 659. The lowest BCUT2D eigenvalue weighted by atomic mass is 10.3. The zero-order chi connectivity index (χ0) is 12.7. The summed E-state index contributed by atoms with van der Waals surface area (Å²) in [7, 11) is 0. The molecule has 1 aliphatic rings. The monoisotopic (exact) mass is 244 g/mol. The van der Waals surface area contributed by atoms with Crippen molar-refractivity contribution in [3.8, 4) is 0 Å². The van der Waals surface area contributed by atoms with Crippen LogP contribution in [0.25, 0.3) is 0 Å². The summed E-state index contributed by atoms with van der Waals surface area (Å²) in [5, 5.41) is 20.3. The summed E-state index contributed by atoms with van der Waals surface area (Å²) >= 11 is 0. The van der Waals surface area contributed by atoms with E-state index in [-0.39, 0.29) is 0 Å². The Hall–Kier alpha value is -2.51. The molecule has 0 saturated carbocycles. The Labute approximate surface area is 103 Å². The third kappa shape index (κ3) is 1.58. The van der Waals surface area contributed by atoms with Crippen molar-refractivity contribution in [1.82, 2.24) is 24.8 Å². The number of aromatic nitrogens is 5. The van der Waals surface area contributed by atoms with E-state index in [2.05, 4.69) is 25.6 Å². The molecule has 0 aliphatic carbocycles. The van der Waals surface area contributed by atoms with Gasteiger partial charge in [0.1, 0.15) is 5.84 Å². The van der Waals surface area contributed by atoms with E-state index in [0.717, 1.165) is 17.1 Å². The molecular weight excluding hydrogens is 232 g/mol. The van der Waals surface area contributed by atoms with Gasteiger partial charge in [0.25, 0.3) is 5.96 Å². The quantitative estimate of drug-likeness (QED) is 0.686. The van der Waals surface area contributed by atoms with Gasteiger partial charge >= 0.3 is 0 Å². The fourth-order valence-corrected chi connectivity index (χ4v) is 1.88. The van der Waals surface area contributed by atoms with Gasteiger partial charge in [-0.3, -0.25) is 0 Å². The smallest absolute Gasteiger partial charge is 0.273 e. The Kier molecular flexibility index (Phi) is 2.22. The predicted octanol–water partition coefficient (Wildman–Crippen LogP) is -0.328. The second-order valence-electron chi connectivity index (χ2n) is 4.14. The van der Waals surface area contributed by atoms with Gasteiger partial charge in [0, 0.05) is 5.69 Å². The van der Waals surface area contributed by atoms with E-state index in [1.54, 1.807) is 15.6 Å². The van der Waals surface area contributed by atoms with E-state index < -0.39 is 0 Å². The number of hydrogen-bond acceptors (Lipinski definition) is 6. The molecule has 0 bridgehead atoms. The lowest BCUT2D eigenvalue weighted by Gasteiger charge is -2.07. The van der Waals surface area contributed by atoms with Gasteiger partial charge in [-0.25, -0.2) is 4.68 Å². The molecule has 0 aromatic carbocycles. The minimum absolute atomic E-state index is 0.426. The van der Waals surface area contributed by atoms with Crippen molar-refractivity contribution in [2.45, 2.75) is 20.3 Å². The van der Waals surface area contributed by atoms with Crippen LogP contribution in [0, 0.1) is 13.8 Å². The first kappa shape index (κ1) is 10.6. The Morgan fingerprint density at radius 3 is 2.78 bits per heavy atom. The third-order valence-electron chi connectivity index (χ3n) is 2.64. The van der Waals surface area contributed by atoms with Crippen LogP contribution in [0.3, 0.4) is 0 Å². The summed E-state index contributed by atoms with van der Waals surface area (Å²) in [6, 6.07) is 1.96. The molecule has 2 aromatic heterocycles. The molecule has 18 heavy (non-hydrogen) atoms. The van der Waals surface area contributed by atoms with Crippen LogP contribution in [0.4, 0.5) is 0 Å². The maximum atomic E-state index is 5.74. The molecule has 0 saturated heterocycles. The minimum atomic E-state index is 0.426. The summed E-state index contributed by atoms with van der Waals surface area (Å²) in [4.78, 5) is 0. The highest BCUT2D eigenvalue weighted by molar-refractivity contribution is 5.89. The second-order valence-corrected chi connectivity index (χ2v) is 4.14. The maximum Gasteiger partial charge on any atom is 0.273 e. The van der Waals surface area contributed by atoms with Gasteiger partial charge in [-0.2, -0.15) is 9.78 Å². The zero-order valence-electron chi connectivity index (χ0n) is 10.1. The SMILES string of the molecule is Cc1cc(C)n(C2=NN=C(N)Cc3cnnn32)n1. The van der Waals surface area contributed by atoms with Crippen molar-refractivity contribution in [1.29, 1.82) is 0 Å². The van der Waals surface area contributed by atoms with Gasteiger partial charge in [0.05, 0.1) is 24.0 Å². The number of hydrogen-bond donors (Lipinski definition) is 1. The van der Waals surface area contributed by atoms with Crippen LogP contribution in [0.15, 0.2) is 22.5 Å². The van der Waals surface area contributed by atoms with Gasteiger partial charge < -0.3 is 5.73 Å². The van der Waals surface area contributed by atoms with Crippen molar-refractivity contribution in [2.24, 2.45) is 15.9 Å². The van der Waals surface area contributed by atoms with Crippen LogP contribution < -0.4 is 5.73 Å². The summed E-state index contributed by atoms with van der Waals surface area (Å²) < 4.78 is 3.28. The maximum absolute atomic E-state index is 5.74. The van der Waals surface area contributed by atoms with E-state index in [0.29, 0.717) is 18.2 Å². The molecule has 0 spiro atoms. The molecule has 0 fully saturated rings. The molecule has 0 radical (unpaired) electrons. The molecule has 92 valence electrons. The van der Waals surface area contributed by atoms with Gasteiger partial charge in [-0.1, -0.05) is 5.21 Å². The molecule has 2 aromatic rings. The van der Waals surface area contributed by atoms with Crippen molar-refractivity contribution < 1.29 is 0 Å². The molecule has 0 amide bonds. The highest BCUT2D eigenvalue weighted by Gasteiger charge is 2.18. The van der Waals surface area contributed by atoms with Gasteiger partial charge in [0.2, 0.25) is 0 Å². The minimum Gasteiger partial charge on any atom is -0.385 e. The van der Waals surface area contributed by atoms with E-state index in [9.17, 15) is 0 Å². The highest BCUT2D eigenvalue weighted by atomic mass is 15.6. The zero-order valence-corrected chi connectivity index (χ0v) is 10.1. The molecule has 8 heteroatoms. The van der Waals surface area contributed by atoms with Crippen molar-refractivity contribution in [2.75, 3.05) is 0 Å². The third-order valence-corrected chi connectivity index (χ3v) is 2.64. The Balaban J connectivity index is 2.20. The first-order valence-electron chi connectivity index (χ1n) is 5.49. The summed E-state index contributed by atoms with van der Waals surface area (Å²) in [5.41, 5.74) is 8.42. The van der Waals surface area contributed by atoms with E-state index in [1.165, 1.54) is 0 Å². The van der Waals surface area contributed by atoms with Crippen LogP contribution in [-0.2, 0) is 6.42 Å². The highest BCUT2D eigenvalue weighted by Crippen LogP contribution is 2.08. The van der Waals surface area contributed by atoms with Crippen molar-refractivity contribution in [3.05, 3.63) is 29.3 Å². The lowest BCUT2D eigenvalue weighted by molar-refractivity contribution is 0.744. The van der Waals surface area contributed by atoms with Crippen LogP contribution in [-0.4, -0.2) is 36.6 Å². The Morgan fingerprint density at radius 2 is 2.06 bits per heavy atom.